The molecule has 0 unspecified atom stereocenters. The van der Waals surface area contributed by atoms with Crippen molar-refractivity contribution >= 4 is 23.2 Å². The number of hydrogen-bond donors (Lipinski definition) is 2. The topological polar surface area (TPSA) is 74.3 Å². The third-order valence-corrected chi connectivity index (χ3v) is 6.01. The van der Waals surface area contributed by atoms with Crippen LogP contribution in [0.25, 0.3) is 0 Å². The number of thiazole rings is 1. The van der Waals surface area contributed by atoms with Crippen molar-refractivity contribution < 1.29 is 9.59 Å². The van der Waals surface area contributed by atoms with Gasteiger partial charge in [0.15, 0.2) is 0 Å². The Morgan fingerprint density at radius 1 is 1.24 bits per heavy atom. The minimum absolute atomic E-state index is 0.0197. The van der Waals surface area contributed by atoms with Gasteiger partial charge in [-0.05, 0) is 38.5 Å². The van der Waals surface area contributed by atoms with Crippen LogP contribution >= 0.6 is 11.3 Å². The molecule has 6 nitrogen and oxygen atoms in total. The molecule has 1 aromatic heterocycles. The van der Waals surface area contributed by atoms with Crippen molar-refractivity contribution in [3.8, 4) is 0 Å². The standard InChI is InChI=1S/C18H28N4O2S/c1-12-11-25-18(21-12)9-20-17(24)7-15-5-6-16(8-19-13(2)23)22(15)10-14-3-4-14/h11,14-16H,3-10H2,1-2H3,(H,19,23)(H,20,24)/t15-,16+/m0/s1. The average molecular weight is 365 g/mol. The molecule has 0 radical (unpaired) electrons. The molecule has 138 valence electrons. The SMILES string of the molecule is CC(=O)NC[C@H]1CC[C@@H](CC(=O)NCc2nc(C)cs2)N1CC1CC1. The Balaban J connectivity index is 1.50. The zero-order valence-corrected chi connectivity index (χ0v) is 15.9. The molecule has 7 heteroatoms. The van der Waals surface area contributed by atoms with Gasteiger partial charge in [0.1, 0.15) is 5.01 Å². The van der Waals surface area contributed by atoms with Crippen molar-refractivity contribution in [3.63, 3.8) is 0 Å². The van der Waals surface area contributed by atoms with Gasteiger partial charge in [0.25, 0.3) is 0 Å². The average Bonchev–Trinajstić information content (AvgIpc) is 3.17. The van der Waals surface area contributed by atoms with E-state index >= 15 is 0 Å². The molecular formula is C18H28N4O2S. The predicted molar refractivity (Wildman–Crippen MR) is 98.2 cm³/mol. The Kier molecular flexibility index (Phi) is 6.06. The van der Waals surface area contributed by atoms with Crippen LogP contribution in [0.3, 0.4) is 0 Å². The maximum atomic E-state index is 12.4. The number of amides is 2. The fraction of sp³-hybridized carbons (Fsp3) is 0.722. The fourth-order valence-electron chi connectivity index (χ4n) is 3.56. The molecule has 1 saturated heterocycles. The number of nitrogens with one attached hydrogen (secondary N) is 2. The molecule has 25 heavy (non-hydrogen) atoms. The minimum Gasteiger partial charge on any atom is -0.355 e. The molecule has 1 aromatic rings. The highest BCUT2D eigenvalue weighted by atomic mass is 32.1. The number of likely N-dealkylation sites (tertiary alicyclic amines) is 1. The van der Waals surface area contributed by atoms with Crippen molar-refractivity contribution in [2.75, 3.05) is 13.1 Å². The first-order valence-electron chi connectivity index (χ1n) is 9.19. The number of hydrogen-bond acceptors (Lipinski definition) is 5. The molecule has 1 saturated carbocycles. The van der Waals surface area contributed by atoms with Crippen LogP contribution in [0.4, 0.5) is 0 Å². The molecular weight excluding hydrogens is 336 g/mol. The van der Waals surface area contributed by atoms with E-state index in [0.29, 0.717) is 25.6 Å². The number of nitrogens with zero attached hydrogens (tertiary/aromatic N) is 2. The van der Waals surface area contributed by atoms with Crippen LogP contribution in [0.15, 0.2) is 5.38 Å². The highest BCUT2D eigenvalue weighted by molar-refractivity contribution is 7.09. The van der Waals surface area contributed by atoms with E-state index < -0.39 is 0 Å². The monoisotopic (exact) mass is 364 g/mol. The van der Waals surface area contributed by atoms with E-state index in [1.807, 2.05) is 12.3 Å². The summed E-state index contributed by atoms with van der Waals surface area (Å²) in [5.41, 5.74) is 1.00. The summed E-state index contributed by atoms with van der Waals surface area (Å²) in [6.07, 6.45) is 5.21. The lowest BCUT2D eigenvalue weighted by Gasteiger charge is -2.30. The third-order valence-electron chi connectivity index (χ3n) is 5.05. The Morgan fingerprint density at radius 3 is 2.64 bits per heavy atom. The van der Waals surface area contributed by atoms with E-state index in [2.05, 4.69) is 20.5 Å². The van der Waals surface area contributed by atoms with E-state index in [1.165, 1.54) is 12.8 Å². The van der Waals surface area contributed by atoms with Crippen molar-refractivity contribution in [1.82, 2.24) is 20.5 Å². The smallest absolute Gasteiger partial charge is 0.221 e. The molecule has 2 fully saturated rings. The molecule has 1 aliphatic carbocycles. The zero-order chi connectivity index (χ0) is 17.8. The second-order valence-electron chi connectivity index (χ2n) is 7.33. The summed E-state index contributed by atoms with van der Waals surface area (Å²) >= 11 is 1.58. The summed E-state index contributed by atoms with van der Waals surface area (Å²) in [6.45, 7) is 5.80. The molecule has 0 aromatic carbocycles. The van der Waals surface area contributed by atoms with E-state index in [1.54, 1.807) is 18.3 Å². The largest absolute Gasteiger partial charge is 0.355 e. The highest BCUT2D eigenvalue weighted by Gasteiger charge is 2.37. The lowest BCUT2D eigenvalue weighted by molar-refractivity contribution is -0.122. The summed E-state index contributed by atoms with van der Waals surface area (Å²) in [5, 5.41) is 8.91. The molecule has 2 N–H and O–H groups in total. The predicted octanol–water partition coefficient (Wildman–Crippen LogP) is 1.84. The highest BCUT2D eigenvalue weighted by Crippen LogP contribution is 2.35. The van der Waals surface area contributed by atoms with Crippen LogP contribution in [0.1, 0.15) is 49.7 Å². The van der Waals surface area contributed by atoms with Crippen molar-refractivity contribution in [2.45, 2.75) is 64.6 Å². The second-order valence-corrected chi connectivity index (χ2v) is 8.27. The van der Waals surface area contributed by atoms with E-state index in [-0.39, 0.29) is 17.9 Å². The van der Waals surface area contributed by atoms with Gasteiger partial charge in [-0.1, -0.05) is 0 Å². The Morgan fingerprint density at radius 2 is 2.00 bits per heavy atom. The van der Waals surface area contributed by atoms with Gasteiger partial charge in [0, 0.05) is 49.6 Å². The van der Waals surface area contributed by atoms with Gasteiger partial charge < -0.3 is 10.6 Å². The lowest BCUT2D eigenvalue weighted by Crippen LogP contribution is -2.45. The van der Waals surface area contributed by atoms with Crippen molar-refractivity contribution in [2.24, 2.45) is 5.92 Å². The van der Waals surface area contributed by atoms with Crippen LogP contribution < -0.4 is 10.6 Å². The van der Waals surface area contributed by atoms with Gasteiger partial charge in [-0.3, -0.25) is 14.5 Å². The van der Waals surface area contributed by atoms with Crippen LogP contribution in [0.5, 0.6) is 0 Å². The maximum absolute atomic E-state index is 12.4. The van der Waals surface area contributed by atoms with Crippen molar-refractivity contribution in [1.29, 1.82) is 0 Å². The van der Waals surface area contributed by atoms with Crippen LogP contribution in [0, 0.1) is 12.8 Å². The molecule has 0 spiro atoms. The summed E-state index contributed by atoms with van der Waals surface area (Å²) in [7, 11) is 0. The van der Waals surface area contributed by atoms with E-state index in [4.69, 9.17) is 0 Å². The lowest BCUT2D eigenvalue weighted by atomic mass is 10.1. The summed E-state index contributed by atoms with van der Waals surface area (Å²) in [5.74, 6) is 0.895. The summed E-state index contributed by atoms with van der Waals surface area (Å²) in [4.78, 5) is 30.4. The Hall–Kier alpha value is -1.47. The van der Waals surface area contributed by atoms with Crippen LogP contribution in [0.2, 0.25) is 0 Å². The third kappa shape index (κ3) is 5.51. The molecule has 2 aliphatic rings. The first kappa shape index (κ1) is 18.3. The van der Waals surface area contributed by atoms with Gasteiger partial charge in [-0.15, -0.1) is 11.3 Å². The van der Waals surface area contributed by atoms with Crippen LogP contribution in [-0.2, 0) is 16.1 Å². The number of aryl methyl sites for hydroxylation is 1. The fourth-order valence-corrected chi connectivity index (χ4v) is 4.27. The van der Waals surface area contributed by atoms with Gasteiger partial charge in [0.2, 0.25) is 11.8 Å². The number of carbonyl (C=O) groups is 2. The Labute approximate surface area is 153 Å². The molecule has 2 heterocycles. The van der Waals surface area contributed by atoms with E-state index in [0.717, 1.165) is 36.0 Å². The number of rotatable bonds is 8. The van der Waals surface area contributed by atoms with Gasteiger partial charge in [-0.25, -0.2) is 4.98 Å². The Bertz CT molecular complexity index is 614. The normalized spacial score (nSPS) is 23.6. The quantitative estimate of drug-likeness (QED) is 0.738. The van der Waals surface area contributed by atoms with Gasteiger partial charge in [-0.2, -0.15) is 0 Å². The van der Waals surface area contributed by atoms with Crippen LogP contribution in [-0.4, -0.2) is 46.9 Å². The van der Waals surface area contributed by atoms with Gasteiger partial charge >= 0.3 is 0 Å². The minimum atomic E-state index is 0.0197. The van der Waals surface area contributed by atoms with E-state index in [9.17, 15) is 9.59 Å². The first-order valence-corrected chi connectivity index (χ1v) is 10.1. The molecule has 2 amide bonds. The summed E-state index contributed by atoms with van der Waals surface area (Å²) < 4.78 is 0. The second kappa shape index (κ2) is 8.27. The van der Waals surface area contributed by atoms with Gasteiger partial charge in [0.05, 0.1) is 6.54 Å². The maximum Gasteiger partial charge on any atom is 0.221 e. The molecule has 2 atom stereocenters. The molecule has 1 aliphatic heterocycles. The molecule has 0 bridgehead atoms. The number of aromatic nitrogens is 1. The summed E-state index contributed by atoms with van der Waals surface area (Å²) in [6, 6.07) is 0.654. The first-order chi connectivity index (χ1) is 12.0. The number of carbonyl (C=O) groups excluding carboxylic acids is 2. The van der Waals surface area contributed by atoms with Crippen molar-refractivity contribution in [3.05, 3.63) is 16.1 Å². The zero-order valence-electron chi connectivity index (χ0n) is 15.1. The molecule has 3 rings (SSSR count).